The zero-order valence-electron chi connectivity index (χ0n) is 20.8. The second-order valence-electron chi connectivity index (χ2n) is 10.1. The van der Waals surface area contributed by atoms with Crippen molar-refractivity contribution in [2.24, 2.45) is 5.92 Å². The van der Waals surface area contributed by atoms with Gasteiger partial charge in [0.05, 0.1) is 11.1 Å². The Labute approximate surface area is 211 Å². The molecule has 5 nitrogen and oxygen atoms in total. The molecule has 202 valence electrons. The number of alkyl halides is 6. The molecular formula is C26H28F6N2O3. The molecule has 2 unspecified atom stereocenters. The van der Waals surface area contributed by atoms with Crippen molar-refractivity contribution in [1.82, 2.24) is 9.80 Å². The number of amides is 2. The van der Waals surface area contributed by atoms with Gasteiger partial charge in [-0.1, -0.05) is 30.3 Å². The largest absolute Gasteiger partial charge is 0.444 e. The smallest absolute Gasteiger partial charge is 0.416 e. The lowest BCUT2D eigenvalue weighted by molar-refractivity contribution is -0.143. The Morgan fingerprint density at radius 1 is 0.919 bits per heavy atom. The minimum absolute atomic E-state index is 0.00467. The number of hydrogen-bond donors (Lipinski definition) is 0. The lowest BCUT2D eigenvalue weighted by Gasteiger charge is -2.26. The van der Waals surface area contributed by atoms with E-state index in [4.69, 9.17) is 4.74 Å². The summed E-state index contributed by atoms with van der Waals surface area (Å²) in [4.78, 5) is 28.3. The topological polar surface area (TPSA) is 49.9 Å². The Morgan fingerprint density at radius 3 is 1.95 bits per heavy atom. The van der Waals surface area contributed by atoms with Gasteiger partial charge in [0, 0.05) is 44.1 Å². The fraction of sp³-hybridized carbons (Fsp3) is 0.462. The van der Waals surface area contributed by atoms with Crippen LogP contribution < -0.4 is 0 Å². The predicted octanol–water partition coefficient (Wildman–Crippen LogP) is 6.45. The molecule has 1 saturated heterocycles. The van der Waals surface area contributed by atoms with Gasteiger partial charge in [-0.25, -0.2) is 4.79 Å². The fourth-order valence-corrected chi connectivity index (χ4v) is 4.34. The Morgan fingerprint density at radius 2 is 1.46 bits per heavy atom. The third kappa shape index (κ3) is 7.17. The molecule has 2 aromatic rings. The van der Waals surface area contributed by atoms with Crippen molar-refractivity contribution in [3.8, 4) is 0 Å². The fourth-order valence-electron chi connectivity index (χ4n) is 4.34. The summed E-state index contributed by atoms with van der Waals surface area (Å²) >= 11 is 0. The standard InChI is InChI=1S/C26H28F6N2O3/c1-24(2,3)37-23(36)34-14-18(21(15-34)16-8-6-5-7-9-16)13-33(4)22(35)17-10-19(25(27,28)29)12-20(11-17)26(30,31)32/h5-12,18,21H,13-15H2,1-4H3. The maximum atomic E-state index is 13.3. The number of halogens is 6. The van der Waals surface area contributed by atoms with Crippen LogP contribution in [-0.4, -0.2) is 54.1 Å². The second kappa shape index (κ2) is 10.3. The number of likely N-dealkylation sites (tertiary alicyclic amines) is 1. The first-order valence-corrected chi connectivity index (χ1v) is 11.5. The van der Waals surface area contributed by atoms with E-state index in [2.05, 4.69) is 0 Å². The summed E-state index contributed by atoms with van der Waals surface area (Å²) in [6.45, 7) is 5.66. The highest BCUT2D eigenvalue weighted by molar-refractivity contribution is 5.94. The Balaban J connectivity index is 1.87. The van der Waals surface area contributed by atoms with E-state index in [-0.39, 0.29) is 37.5 Å². The van der Waals surface area contributed by atoms with E-state index in [1.807, 2.05) is 30.3 Å². The molecule has 1 aliphatic rings. The molecule has 0 radical (unpaired) electrons. The van der Waals surface area contributed by atoms with Gasteiger partial charge in [-0.3, -0.25) is 4.79 Å². The van der Waals surface area contributed by atoms with Crippen LogP contribution in [0.15, 0.2) is 48.5 Å². The van der Waals surface area contributed by atoms with Crippen LogP contribution in [0.25, 0.3) is 0 Å². The number of benzene rings is 2. The van der Waals surface area contributed by atoms with Crippen LogP contribution in [0.2, 0.25) is 0 Å². The minimum Gasteiger partial charge on any atom is -0.444 e. The van der Waals surface area contributed by atoms with Crippen LogP contribution in [-0.2, 0) is 17.1 Å². The molecular weight excluding hydrogens is 502 g/mol. The molecule has 1 aliphatic heterocycles. The average Bonchev–Trinajstić information content (AvgIpc) is 3.20. The number of hydrogen-bond acceptors (Lipinski definition) is 3. The van der Waals surface area contributed by atoms with Crippen LogP contribution >= 0.6 is 0 Å². The summed E-state index contributed by atoms with van der Waals surface area (Å²) in [6.07, 6.45) is -10.7. The molecule has 1 heterocycles. The highest BCUT2D eigenvalue weighted by Crippen LogP contribution is 2.37. The average molecular weight is 531 g/mol. The van der Waals surface area contributed by atoms with E-state index in [1.165, 1.54) is 11.9 Å². The summed E-state index contributed by atoms with van der Waals surface area (Å²) < 4.78 is 85.0. The van der Waals surface area contributed by atoms with Crippen molar-refractivity contribution in [3.63, 3.8) is 0 Å². The van der Waals surface area contributed by atoms with Gasteiger partial charge in [0.2, 0.25) is 0 Å². The van der Waals surface area contributed by atoms with Crippen LogP contribution in [0.5, 0.6) is 0 Å². The van der Waals surface area contributed by atoms with Gasteiger partial charge < -0.3 is 14.5 Å². The van der Waals surface area contributed by atoms with Crippen molar-refractivity contribution >= 4 is 12.0 Å². The third-order valence-electron chi connectivity index (χ3n) is 6.01. The van der Waals surface area contributed by atoms with Crippen molar-refractivity contribution < 1.29 is 40.7 Å². The van der Waals surface area contributed by atoms with Gasteiger partial charge in [0.15, 0.2) is 0 Å². The van der Waals surface area contributed by atoms with Crippen LogP contribution in [0, 0.1) is 5.92 Å². The second-order valence-corrected chi connectivity index (χ2v) is 10.1. The summed E-state index contributed by atoms with van der Waals surface area (Å²) in [7, 11) is 1.31. The lowest BCUT2D eigenvalue weighted by atomic mass is 9.88. The van der Waals surface area contributed by atoms with Gasteiger partial charge in [0.1, 0.15) is 5.60 Å². The van der Waals surface area contributed by atoms with Crippen molar-refractivity contribution in [1.29, 1.82) is 0 Å². The Bertz CT molecular complexity index is 1090. The van der Waals surface area contributed by atoms with Crippen LogP contribution in [0.3, 0.4) is 0 Å². The molecule has 3 rings (SSSR count). The highest BCUT2D eigenvalue weighted by Gasteiger charge is 2.40. The zero-order valence-corrected chi connectivity index (χ0v) is 20.8. The van der Waals surface area contributed by atoms with E-state index < -0.39 is 46.6 Å². The monoisotopic (exact) mass is 530 g/mol. The van der Waals surface area contributed by atoms with Gasteiger partial charge in [-0.05, 0) is 44.5 Å². The number of ether oxygens (including phenoxy) is 1. The molecule has 0 spiro atoms. The molecule has 37 heavy (non-hydrogen) atoms. The summed E-state index contributed by atoms with van der Waals surface area (Å²) in [5.41, 5.74) is -3.68. The molecule has 0 saturated carbocycles. The van der Waals surface area contributed by atoms with Crippen molar-refractivity contribution in [2.75, 3.05) is 26.7 Å². The lowest BCUT2D eigenvalue weighted by Crippen LogP contribution is -2.37. The van der Waals surface area contributed by atoms with Crippen molar-refractivity contribution in [2.45, 2.75) is 44.6 Å². The number of nitrogens with zero attached hydrogens (tertiary/aromatic N) is 2. The number of carbonyl (C=O) groups excluding carboxylic acids is 2. The van der Waals surface area contributed by atoms with Crippen LogP contribution in [0.4, 0.5) is 31.1 Å². The molecule has 0 N–H and O–H groups in total. The number of carbonyl (C=O) groups is 2. The normalized spacial score (nSPS) is 18.6. The quantitative estimate of drug-likeness (QED) is 0.427. The highest BCUT2D eigenvalue weighted by atomic mass is 19.4. The molecule has 2 aromatic carbocycles. The van der Waals surface area contributed by atoms with Gasteiger partial charge in [-0.15, -0.1) is 0 Å². The third-order valence-corrected chi connectivity index (χ3v) is 6.01. The molecule has 2 amide bonds. The first kappa shape index (κ1) is 28.3. The minimum atomic E-state index is -5.06. The maximum absolute atomic E-state index is 13.3. The van der Waals surface area contributed by atoms with E-state index in [9.17, 15) is 35.9 Å². The maximum Gasteiger partial charge on any atom is 0.416 e. The summed E-state index contributed by atoms with van der Waals surface area (Å²) in [5.74, 6) is -1.55. The summed E-state index contributed by atoms with van der Waals surface area (Å²) in [5, 5.41) is 0. The van der Waals surface area contributed by atoms with Gasteiger partial charge in [-0.2, -0.15) is 26.3 Å². The molecule has 0 bridgehead atoms. The molecule has 11 heteroatoms. The van der Waals surface area contributed by atoms with E-state index in [1.54, 1.807) is 20.8 Å². The zero-order chi connectivity index (χ0) is 27.8. The van der Waals surface area contributed by atoms with E-state index >= 15 is 0 Å². The molecule has 0 aliphatic carbocycles. The van der Waals surface area contributed by atoms with Crippen molar-refractivity contribution in [3.05, 3.63) is 70.8 Å². The Kier molecular flexibility index (Phi) is 7.85. The molecule has 1 fully saturated rings. The number of rotatable bonds is 4. The molecule has 2 atom stereocenters. The van der Waals surface area contributed by atoms with Gasteiger partial charge >= 0.3 is 18.4 Å². The molecule has 0 aromatic heterocycles. The first-order chi connectivity index (χ1) is 17.0. The predicted molar refractivity (Wildman–Crippen MR) is 124 cm³/mol. The van der Waals surface area contributed by atoms with E-state index in [0.717, 1.165) is 10.5 Å². The summed E-state index contributed by atoms with van der Waals surface area (Å²) in [6, 6.07) is 10.0. The van der Waals surface area contributed by atoms with Gasteiger partial charge in [0.25, 0.3) is 5.91 Å². The van der Waals surface area contributed by atoms with E-state index in [0.29, 0.717) is 12.1 Å². The van der Waals surface area contributed by atoms with Crippen LogP contribution in [0.1, 0.15) is 53.7 Å². The SMILES string of the molecule is CN(CC1CN(C(=O)OC(C)(C)C)CC1c1ccccc1)C(=O)c1cc(C(F)(F)F)cc(C(F)(F)F)c1. The Hall–Kier alpha value is -3.24. The first-order valence-electron chi connectivity index (χ1n) is 11.5.